The summed E-state index contributed by atoms with van der Waals surface area (Å²) in [5.41, 5.74) is 2.44. The van der Waals surface area contributed by atoms with Crippen molar-refractivity contribution in [2.75, 3.05) is 19.0 Å². The number of hydrogen-bond acceptors (Lipinski definition) is 5. The van der Waals surface area contributed by atoms with E-state index in [1.165, 1.54) is 0 Å². The Bertz CT molecular complexity index is 1110. The highest BCUT2D eigenvalue weighted by molar-refractivity contribution is 5.80. The molecule has 3 rings (SSSR count). The number of H-pyrrole nitrogens is 1. The number of rotatable bonds is 9. The van der Waals surface area contributed by atoms with E-state index < -0.39 is 0 Å². The van der Waals surface area contributed by atoms with E-state index in [9.17, 15) is 4.79 Å². The minimum atomic E-state index is -0.351. The van der Waals surface area contributed by atoms with Crippen LogP contribution in [0.4, 0.5) is 5.82 Å². The second-order valence-corrected chi connectivity index (χ2v) is 9.64. The number of imidazole rings is 1. The number of benzene rings is 1. The fourth-order valence-electron chi connectivity index (χ4n) is 3.62. The molecule has 2 aromatic heterocycles. The number of nitrogens with one attached hydrogen (secondary N) is 2. The van der Waals surface area contributed by atoms with Crippen LogP contribution in [0.2, 0.25) is 0 Å². The average Bonchev–Trinajstić information content (AvgIpc) is 3.13. The third kappa shape index (κ3) is 6.81. The summed E-state index contributed by atoms with van der Waals surface area (Å²) >= 11 is 0. The zero-order valence-corrected chi connectivity index (χ0v) is 20.6. The first-order chi connectivity index (χ1) is 15.5. The number of hydrogen-bond donors (Lipinski definition) is 2. The summed E-state index contributed by atoms with van der Waals surface area (Å²) in [6.07, 6.45) is 6.39. The van der Waals surface area contributed by atoms with Crippen molar-refractivity contribution in [1.29, 1.82) is 0 Å². The van der Waals surface area contributed by atoms with Crippen molar-refractivity contribution in [3.05, 3.63) is 47.9 Å². The van der Waals surface area contributed by atoms with Gasteiger partial charge in [-0.05, 0) is 62.8 Å². The first kappa shape index (κ1) is 24.3. The summed E-state index contributed by atoms with van der Waals surface area (Å²) in [6.45, 7) is 9.85. The molecule has 0 bridgehead atoms. The van der Waals surface area contributed by atoms with Crippen LogP contribution in [0.25, 0.3) is 23.2 Å². The molecular formula is C26H35N5O2. The number of aromatic amines is 1. The molecule has 33 heavy (non-hydrogen) atoms. The van der Waals surface area contributed by atoms with Gasteiger partial charge in [0, 0.05) is 44.2 Å². The lowest BCUT2D eigenvalue weighted by molar-refractivity contribution is -0.125. The van der Waals surface area contributed by atoms with Gasteiger partial charge in [-0.25, -0.2) is 9.97 Å². The van der Waals surface area contributed by atoms with Crippen LogP contribution in [0, 0.1) is 5.92 Å². The number of pyridine rings is 1. The van der Waals surface area contributed by atoms with Crippen LogP contribution < -0.4 is 15.0 Å². The molecule has 0 aliphatic rings. The monoisotopic (exact) mass is 449 g/mol. The van der Waals surface area contributed by atoms with Crippen LogP contribution in [-0.2, 0) is 4.79 Å². The van der Waals surface area contributed by atoms with Crippen molar-refractivity contribution in [2.45, 2.75) is 52.7 Å². The van der Waals surface area contributed by atoms with Gasteiger partial charge < -0.3 is 19.9 Å². The van der Waals surface area contributed by atoms with E-state index in [0.29, 0.717) is 6.42 Å². The van der Waals surface area contributed by atoms with E-state index >= 15 is 0 Å². The molecule has 0 aliphatic heterocycles. The molecule has 1 unspecified atom stereocenters. The van der Waals surface area contributed by atoms with Crippen LogP contribution in [0.15, 0.2) is 36.5 Å². The van der Waals surface area contributed by atoms with Crippen molar-refractivity contribution < 1.29 is 9.53 Å². The van der Waals surface area contributed by atoms with Gasteiger partial charge in [-0.1, -0.05) is 13.8 Å². The molecule has 0 spiro atoms. The second kappa shape index (κ2) is 10.1. The van der Waals surface area contributed by atoms with E-state index in [1.54, 1.807) is 0 Å². The SMILES string of the molecule is CC(CC(C)(C)NC(=O)C(C)C)Oc1ccc2nc(/C=C/c3ccc(N(C)C)nc3)[nH]c2c1. The van der Waals surface area contributed by atoms with Crippen molar-refractivity contribution in [1.82, 2.24) is 20.3 Å². The van der Waals surface area contributed by atoms with Crippen molar-refractivity contribution in [3.63, 3.8) is 0 Å². The Morgan fingerprint density at radius 1 is 1.18 bits per heavy atom. The van der Waals surface area contributed by atoms with E-state index in [2.05, 4.69) is 20.3 Å². The van der Waals surface area contributed by atoms with E-state index in [0.717, 1.165) is 34.0 Å². The molecule has 0 radical (unpaired) electrons. The standard InChI is InChI=1S/C26H35N5O2/c1-17(2)25(32)30-26(4,5)15-18(3)33-20-10-11-21-22(14-20)29-23(28-21)12-8-19-9-13-24(27-16-19)31(6)7/h8-14,16-18H,15H2,1-7H3,(H,28,29)(H,30,32)/b12-8+. The highest BCUT2D eigenvalue weighted by Crippen LogP contribution is 2.23. The van der Waals surface area contributed by atoms with Gasteiger partial charge in [0.1, 0.15) is 17.4 Å². The molecule has 7 nitrogen and oxygen atoms in total. The zero-order chi connectivity index (χ0) is 24.2. The minimum Gasteiger partial charge on any atom is -0.491 e. The predicted molar refractivity (Wildman–Crippen MR) is 135 cm³/mol. The van der Waals surface area contributed by atoms with Crippen LogP contribution >= 0.6 is 0 Å². The van der Waals surface area contributed by atoms with Gasteiger partial charge in [0.25, 0.3) is 0 Å². The zero-order valence-electron chi connectivity index (χ0n) is 20.6. The smallest absolute Gasteiger partial charge is 0.222 e. The first-order valence-corrected chi connectivity index (χ1v) is 11.3. The van der Waals surface area contributed by atoms with Gasteiger partial charge in [-0.15, -0.1) is 0 Å². The number of carbonyl (C=O) groups excluding carboxylic acids is 1. The minimum absolute atomic E-state index is 0.0415. The number of aromatic nitrogens is 3. The molecule has 1 aromatic carbocycles. The van der Waals surface area contributed by atoms with Crippen molar-refractivity contribution >= 4 is 34.9 Å². The first-order valence-electron chi connectivity index (χ1n) is 11.3. The van der Waals surface area contributed by atoms with Gasteiger partial charge in [-0.3, -0.25) is 4.79 Å². The Hall–Kier alpha value is -3.35. The molecule has 1 amide bonds. The largest absolute Gasteiger partial charge is 0.491 e. The molecule has 2 heterocycles. The van der Waals surface area contributed by atoms with E-state index in [1.807, 2.05) is 102 Å². The van der Waals surface area contributed by atoms with Crippen LogP contribution in [0.1, 0.15) is 52.4 Å². The molecule has 0 saturated heterocycles. The lowest BCUT2D eigenvalue weighted by Crippen LogP contribution is -2.47. The highest BCUT2D eigenvalue weighted by atomic mass is 16.5. The van der Waals surface area contributed by atoms with Crippen LogP contribution in [0.5, 0.6) is 5.75 Å². The Morgan fingerprint density at radius 3 is 2.58 bits per heavy atom. The Labute approximate surface area is 196 Å². The normalized spacial score (nSPS) is 13.0. The molecule has 7 heteroatoms. The number of nitrogens with zero attached hydrogens (tertiary/aromatic N) is 3. The Kier molecular flexibility index (Phi) is 7.41. The molecule has 0 aliphatic carbocycles. The number of fused-ring (bicyclic) bond motifs is 1. The quantitative estimate of drug-likeness (QED) is 0.485. The van der Waals surface area contributed by atoms with Crippen molar-refractivity contribution in [2.24, 2.45) is 5.92 Å². The van der Waals surface area contributed by atoms with Gasteiger partial charge in [0.05, 0.1) is 17.1 Å². The number of carbonyl (C=O) groups is 1. The fourth-order valence-corrected chi connectivity index (χ4v) is 3.62. The van der Waals surface area contributed by atoms with E-state index in [4.69, 9.17) is 4.74 Å². The Balaban J connectivity index is 1.65. The summed E-state index contributed by atoms with van der Waals surface area (Å²) in [6, 6.07) is 9.85. The molecule has 0 saturated carbocycles. The van der Waals surface area contributed by atoms with Crippen LogP contribution in [0.3, 0.4) is 0 Å². The molecule has 1 atom stereocenters. The molecular weight excluding hydrogens is 414 g/mol. The number of anilines is 1. The third-order valence-electron chi connectivity index (χ3n) is 5.26. The summed E-state index contributed by atoms with van der Waals surface area (Å²) in [5, 5.41) is 3.09. The second-order valence-electron chi connectivity index (χ2n) is 9.64. The Morgan fingerprint density at radius 2 is 1.94 bits per heavy atom. The molecule has 176 valence electrons. The molecule has 3 aromatic rings. The van der Waals surface area contributed by atoms with Gasteiger partial charge in [-0.2, -0.15) is 0 Å². The number of ether oxygens (including phenoxy) is 1. The van der Waals surface area contributed by atoms with Crippen LogP contribution in [-0.4, -0.2) is 46.6 Å². The van der Waals surface area contributed by atoms with Crippen molar-refractivity contribution in [3.8, 4) is 5.75 Å². The average molecular weight is 450 g/mol. The summed E-state index contributed by atoms with van der Waals surface area (Å²) < 4.78 is 6.14. The van der Waals surface area contributed by atoms with Gasteiger partial charge in [0.15, 0.2) is 0 Å². The van der Waals surface area contributed by atoms with Gasteiger partial charge in [0.2, 0.25) is 5.91 Å². The fraction of sp³-hybridized carbons (Fsp3) is 0.423. The summed E-state index contributed by atoms with van der Waals surface area (Å²) in [5.74, 6) is 2.47. The topological polar surface area (TPSA) is 83.1 Å². The molecule has 2 N–H and O–H groups in total. The summed E-state index contributed by atoms with van der Waals surface area (Å²) in [4.78, 5) is 26.4. The maximum atomic E-state index is 12.1. The number of amides is 1. The third-order valence-corrected chi connectivity index (χ3v) is 5.26. The summed E-state index contributed by atoms with van der Waals surface area (Å²) in [7, 11) is 3.94. The highest BCUT2D eigenvalue weighted by Gasteiger charge is 2.25. The molecule has 0 fully saturated rings. The predicted octanol–water partition coefficient (Wildman–Crippen LogP) is 4.90. The maximum absolute atomic E-state index is 12.1. The lowest BCUT2D eigenvalue weighted by Gasteiger charge is -2.30. The van der Waals surface area contributed by atoms with E-state index in [-0.39, 0.29) is 23.5 Å². The maximum Gasteiger partial charge on any atom is 0.222 e. The van der Waals surface area contributed by atoms with Gasteiger partial charge >= 0.3 is 0 Å². The lowest BCUT2D eigenvalue weighted by atomic mass is 9.96.